The van der Waals surface area contributed by atoms with Crippen molar-refractivity contribution in [3.05, 3.63) is 200 Å². The predicted molar refractivity (Wildman–Crippen MR) is 225 cm³/mol. The molecule has 0 spiro atoms. The van der Waals surface area contributed by atoms with Gasteiger partial charge in [0.1, 0.15) is 0 Å². The Kier molecular flexibility index (Phi) is 7.41. The van der Waals surface area contributed by atoms with Gasteiger partial charge in [-0.3, -0.25) is 0 Å². The van der Waals surface area contributed by atoms with Crippen molar-refractivity contribution in [1.82, 2.24) is 0 Å². The molecule has 1 aromatic heterocycles. The summed E-state index contributed by atoms with van der Waals surface area (Å²) < 4.78 is 2.60. The molecule has 1 heterocycles. The normalized spacial score (nSPS) is 11.5. The van der Waals surface area contributed by atoms with E-state index in [2.05, 4.69) is 205 Å². The lowest BCUT2D eigenvalue weighted by atomic mass is 9.92. The first-order valence-electron chi connectivity index (χ1n) is 17.8. The van der Waals surface area contributed by atoms with Gasteiger partial charge in [-0.05, 0) is 97.4 Å². The first kappa shape index (κ1) is 30.4. The molecule has 1 nitrogen and oxygen atoms in total. The Hall–Kier alpha value is -6.48. The number of anilines is 3. The van der Waals surface area contributed by atoms with Gasteiger partial charge in [-0.15, -0.1) is 11.3 Å². The number of rotatable bonds is 6. The van der Waals surface area contributed by atoms with Crippen LogP contribution in [-0.4, -0.2) is 0 Å². The molecule has 244 valence electrons. The van der Waals surface area contributed by atoms with Crippen molar-refractivity contribution in [2.45, 2.75) is 0 Å². The molecule has 0 fully saturated rings. The zero-order chi connectivity index (χ0) is 34.4. The summed E-state index contributed by atoms with van der Waals surface area (Å²) in [5.74, 6) is 0. The van der Waals surface area contributed by atoms with E-state index in [1.807, 2.05) is 11.3 Å². The summed E-state index contributed by atoms with van der Waals surface area (Å²) >= 11 is 1.86. The van der Waals surface area contributed by atoms with Crippen LogP contribution in [-0.2, 0) is 0 Å². The molecule has 0 unspecified atom stereocenters. The highest BCUT2D eigenvalue weighted by Gasteiger charge is 2.17. The summed E-state index contributed by atoms with van der Waals surface area (Å²) in [5.41, 5.74) is 10.8. The van der Waals surface area contributed by atoms with E-state index in [0.717, 1.165) is 17.1 Å². The third-order valence-electron chi connectivity index (χ3n) is 10.3. The molecule has 52 heavy (non-hydrogen) atoms. The standard InChI is InChI=1S/C50H33NS/c1-2-11-34(12-3-1)43-31-32-44(46-17-7-6-16-45(43)46)37-23-27-39(28-24-37)51(40-29-30-48-47-18-8-9-20-49(47)52-50(48)33-40)38-25-21-36(22-26-38)42-19-10-14-35-13-4-5-15-41(35)42/h1-33H. The Morgan fingerprint density at radius 3 is 1.44 bits per heavy atom. The van der Waals surface area contributed by atoms with Crippen molar-refractivity contribution in [2.75, 3.05) is 4.90 Å². The Morgan fingerprint density at radius 1 is 0.288 bits per heavy atom. The molecule has 2 heteroatoms. The molecule has 0 atom stereocenters. The molecule has 0 aliphatic rings. The molecule has 10 rings (SSSR count). The topological polar surface area (TPSA) is 3.24 Å². The number of benzene rings is 9. The summed E-state index contributed by atoms with van der Waals surface area (Å²) in [6.07, 6.45) is 0. The number of fused-ring (bicyclic) bond motifs is 5. The summed E-state index contributed by atoms with van der Waals surface area (Å²) in [6.45, 7) is 0. The molecule has 9 aromatic carbocycles. The van der Waals surface area contributed by atoms with Crippen LogP contribution < -0.4 is 4.90 Å². The summed E-state index contributed by atoms with van der Waals surface area (Å²) in [4.78, 5) is 2.39. The Bertz CT molecular complexity index is 2880. The second-order valence-corrected chi connectivity index (χ2v) is 14.4. The van der Waals surface area contributed by atoms with Crippen LogP contribution in [0.5, 0.6) is 0 Å². The molecule has 0 aliphatic heterocycles. The molecule has 0 saturated carbocycles. The molecular formula is C50H33NS. The van der Waals surface area contributed by atoms with Gasteiger partial charge in [0.2, 0.25) is 0 Å². The van der Waals surface area contributed by atoms with Crippen LogP contribution in [0.2, 0.25) is 0 Å². The SMILES string of the molecule is c1ccc(-c2ccc(-c3ccc(N(c4ccc(-c5cccc6ccccc56)cc4)c4ccc5c(c4)sc4ccccc45)cc3)c3ccccc23)cc1. The largest absolute Gasteiger partial charge is 0.310 e. The van der Waals surface area contributed by atoms with E-state index >= 15 is 0 Å². The lowest BCUT2D eigenvalue weighted by Crippen LogP contribution is -2.09. The lowest BCUT2D eigenvalue weighted by Gasteiger charge is -2.26. The lowest BCUT2D eigenvalue weighted by molar-refractivity contribution is 1.29. The van der Waals surface area contributed by atoms with Gasteiger partial charge in [-0.2, -0.15) is 0 Å². The second kappa shape index (κ2) is 12.7. The fourth-order valence-electron chi connectivity index (χ4n) is 7.78. The van der Waals surface area contributed by atoms with Crippen molar-refractivity contribution in [1.29, 1.82) is 0 Å². The van der Waals surface area contributed by atoms with Gasteiger partial charge in [-0.25, -0.2) is 0 Å². The monoisotopic (exact) mass is 679 g/mol. The number of nitrogens with zero attached hydrogens (tertiary/aromatic N) is 1. The molecule has 0 bridgehead atoms. The minimum Gasteiger partial charge on any atom is -0.310 e. The second-order valence-electron chi connectivity index (χ2n) is 13.3. The van der Waals surface area contributed by atoms with E-state index in [1.54, 1.807) is 0 Å². The molecule has 10 aromatic rings. The van der Waals surface area contributed by atoms with E-state index in [1.165, 1.54) is 75.1 Å². The Balaban J connectivity index is 1.08. The highest BCUT2D eigenvalue weighted by atomic mass is 32.1. The van der Waals surface area contributed by atoms with E-state index in [0.29, 0.717) is 0 Å². The zero-order valence-corrected chi connectivity index (χ0v) is 29.2. The van der Waals surface area contributed by atoms with Crippen LogP contribution >= 0.6 is 11.3 Å². The highest BCUT2D eigenvalue weighted by Crippen LogP contribution is 2.42. The van der Waals surface area contributed by atoms with Gasteiger partial charge in [-0.1, -0.05) is 158 Å². The average Bonchev–Trinajstić information content (AvgIpc) is 3.59. The van der Waals surface area contributed by atoms with Crippen molar-refractivity contribution >= 4 is 70.1 Å². The summed E-state index contributed by atoms with van der Waals surface area (Å²) in [7, 11) is 0. The minimum absolute atomic E-state index is 1.12. The maximum Gasteiger partial charge on any atom is 0.0476 e. The van der Waals surface area contributed by atoms with E-state index in [9.17, 15) is 0 Å². The van der Waals surface area contributed by atoms with Crippen molar-refractivity contribution in [2.24, 2.45) is 0 Å². The van der Waals surface area contributed by atoms with Gasteiger partial charge in [0.05, 0.1) is 0 Å². The molecule has 0 amide bonds. The maximum absolute atomic E-state index is 2.39. The third kappa shape index (κ3) is 5.24. The molecule has 0 aliphatic carbocycles. The van der Waals surface area contributed by atoms with Crippen LogP contribution in [0.3, 0.4) is 0 Å². The molecule has 0 radical (unpaired) electrons. The van der Waals surface area contributed by atoms with Crippen molar-refractivity contribution in [3.63, 3.8) is 0 Å². The first-order chi connectivity index (χ1) is 25.8. The van der Waals surface area contributed by atoms with Gasteiger partial charge < -0.3 is 4.90 Å². The van der Waals surface area contributed by atoms with Crippen molar-refractivity contribution < 1.29 is 0 Å². The smallest absolute Gasteiger partial charge is 0.0476 e. The minimum atomic E-state index is 1.12. The number of hydrogen-bond donors (Lipinski definition) is 0. The molecule has 0 saturated heterocycles. The van der Waals surface area contributed by atoms with E-state index < -0.39 is 0 Å². The van der Waals surface area contributed by atoms with Crippen LogP contribution in [0.25, 0.3) is 75.1 Å². The summed E-state index contributed by atoms with van der Waals surface area (Å²) in [5, 5.41) is 7.66. The average molecular weight is 680 g/mol. The van der Waals surface area contributed by atoms with Crippen LogP contribution in [0, 0.1) is 0 Å². The van der Waals surface area contributed by atoms with Gasteiger partial charge in [0.25, 0.3) is 0 Å². The zero-order valence-electron chi connectivity index (χ0n) is 28.4. The first-order valence-corrected chi connectivity index (χ1v) is 18.6. The Labute approximate surface area is 307 Å². The van der Waals surface area contributed by atoms with Gasteiger partial charge in [0.15, 0.2) is 0 Å². The van der Waals surface area contributed by atoms with Gasteiger partial charge >= 0.3 is 0 Å². The molecule has 0 N–H and O–H groups in total. The quantitative estimate of drug-likeness (QED) is 0.169. The van der Waals surface area contributed by atoms with E-state index in [4.69, 9.17) is 0 Å². The predicted octanol–water partition coefficient (Wildman–Crippen LogP) is 14.8. The van der Waals surface area contributed by atoms with E-state index in [-0.39, 0.29) is 0 Å². The fraction of sp³-hybridized carbons (Fsp3) is 0. The number of hydrogen-bond acceptors (Lipinski definition) is 2. The third-order valence-corrected chi connectivity index (χ3v) is 11.4. The number of thiophene rings is 1. The van der Waals surface area contributed by atoms with Gasteiger partial charge in [0, 0.05) is 37.2 Å². The highest BCUT2D eigenvalue weighted by molar-refractivity contribution is 7.25. The van der Waals surface area contributed by atoms with Crippen LogP contribution in [0.4, 0.5) is 17.1 Å². The van der Waals surface area contributed by atoms with Crippen LogP contribution in [0.15, 0.2) is 200 Å². The Morgan fingerprint density at radius 2 is 0.769 bits per heavy atom. The molecular weight excluding hydrogens is 647 g/mol. The maximum atomic E-state index is 2.39. The summed E-state index contributed by atoms with van der Waals surface area (Å²) in [6, 6.07) is 72.9. The fourth-order valence-corrected chi connectivity index (χ4v) is 8.92. The van der Waals surface area contributed by atoms with Crippen molar-refractivity contribution in [3.8, 4) is 33.4 Å². The van der Waals surface area contributed by atoms with Crippen LogP contribution in [0.1, 0.15) is 0 Å².